The van der Waals surface area contributed by atoms with Crippen molar-refractivity contribution < 1.29 is 10.0 Å². The first kappa shape index (κ1) is 18.3. The van der Waals surface area contributed by atoms with Gasteiger partial charge in [0.2, 0.25) is 4.77 Å². The Morgan fingerprint density at radius 2 is 1.96 bits per heavy atom. The van der Waals surface area contributed by atoms with Crippen LogP contribution < -0.4 is 4.90 Å². The lowest BCUT2D eigenvalue weighted by Crippen LogP contribution is -3.12. The van der Waals surface area contributed by atoms with Crippen LogP contribution in [0.5, 0.6) is 0 Å². The number of nitrogens with zero attached hydrogens (tertiary/aromatic N) is 3. The van der Waals surface area contributed by atoms with Gasteiger partial charge in [0.25, 0.3) is 0 Å². The van der Waals surface area contributed by atoms with E-state index in [1.807, 2.05) is 0 Å². The van der Waals surface area contributed by atoms with Gasteiger partial charge in [0.05, 0.1) is 19.2 Å². The van der Waals surface area contributed by atoms with Gasteiger partial charge in [-0.1, -0.05) is 25.3 Å². The molecule has 3 heterocycles. The summed E-state index contributed by atoms with van der Waals surface area (Å²) in [4.78, 5) is 2.82. The number of nitrogens with one attached hydrogen (secondary N) is 1. The minimum absolute atomic E-state index is 0.124. The van der Waals surface area contributed by atoms with Crippen molar-refractivity contribution in [3.63, 3.8) is 0 Å². The second-order valence-corrected chi connectivity index (χ2v) is 9.15. The van der Waals surface area contributed by atoms with E-state index in [1.54, 1.807) is 11.3 Å². The molecule has 4 rings (SSSR count). The highest BCUT2D eigenvalue weighted by Crippen LogP contribution is 2.30. The third kappa shape index (κ3) is 4.11. The first-order valence-electron chi connectivity index (χ1n) is 9.93. The summed E-state index contributed by atoms with van der Waals surface area (Å²) < 4.78 is 5.31. The van der Waals surface area contributed by atoms with Crippen LogP contribution in [0.25, 0.3) is 0 Å². The Labute approximate surface area is 164 Å². The summed E-state index contributed by atoms with van der Waals surface area (Å²) in [6, 6.07) is 4.81. The third-order valence-corrected chi connectivity index (χ3v) is 7.11. The van der Waals surface area contributed by atoms with Gasteiger partial charge in [-0.25, -0.2) is 0 Å². The summed E-state index contributed by atoms with van der Waals surface area (Å²) in [5.74, 6) is 1.13. The lowest BCUT2D eigenvalue weighted by Gasteiger charge is -2.26. The first-order chi connectivity index (χ1) is 12.7. The molecule has 2 aliphatic rings. The van der Waals surface area contributed by atoms with Crippen LogP contribution in [0, 0.1) is 4.77 Å². The zero-order valence-corrected chi connectivity index (χ0v) is 16.9. The van der Waals surface area contributed by atoms with E-state index < -0.39 is 0 Å². The second kappa shape index (κ2) is 8.33. The van der Waals surface area contributed by atoms with Crippen molar-refractivity contribution in [3.05, 3.63) is 33.0 Å². The lowest BCUT2D eigenvalue weighted by atomic mass is 9.95. The van der Waals surface area contributed by atoms with E-state index in [0.29, 0.717) is 6.04 Å². The van der Waals surface area contributed by atoms with E-state index in [9.17, 15) is 5.11 Å². The molecule has 0 unspecified atom stereocenters. The number of thiophene rings is 1. The number of aromatic nitrogens is 3. The number of aliphatic hydroxyl groups excluding tert-OH is 1. The van der Waals surface area contributed by atoms with Gasteiger partial charge >= 0.3 is 0 Å². The Bertz CT molecular complexity index is 753. The molecule has 0 spiro atoms. The van der Waals surface area contributed by atoms with Gasteiger partial charge in [0, 0.05) is 30.2 Å². The van der Waals surface area contributed by atoms with Gasteiger partial charge in [-0.3, -0.25) is 0 Å². The summed E-state index contributed by atoms with van der Waals surface area (Å²) in [5, 5.41) is 16.9. The van der Waals surface area contributed by atoms with Crippen molar-refractivity contribution in [1.29, 1.82) is 0 Å². The van der Waals surface area contributed by atoms with Gasteiger partial charge in [-0.2, -0.15) is 9.78 Å². The molecule has 0 radical (unpaired) electrons. The molecule has 0 amide bonds. The van der Waals surface area contributed by atoms with E-state index >= 15 is 0 Å². The molecule has 142 valence electrons. The van der Waals surface area contributed by atoms with Crippen LogP contribution in [0.1, 0.15) is 61.7 Å². The zero-order chi connectivity index (χ0) is 17.9. The Kier molecular flexibility index (Phi) is 5.88. The fraction of sp³-hybridized carbons (Fsp3) is 0.684. The van der Waals surface area contributed by atoms with E-state index in [2.05, 4.69) is 26.8 Å². The van der Waals surface area contributed by atoms with Gasteiger partial charge in [0.15, 0.2) is 6.67 Å². The molecule has 1 saturated carbocycles. The predicted molar refractivity (Wildman–Crippen MR) is 106 cm³/mol. The van der Waals surface area contributed by atoms with Crippen molar-refractivity contribution in [2.75, 3.05) is 13.1 Å². The summed E-state index contributed by atoms with van der Waals surface area (Å²) in [7, 11) is 0. The molecule has 1 aliphatic heterocycles. The van der Waals surface area contributed by atoms with E-state index in [1.165, 1.54) is 41.9 Å². The molecule has 0 aromatic carbocycles. The van der Waals surface area contributed by atoms with Gasteiger partial charge in [-0.05, 0) is 36.5 Å². The highest BCUT2D eigenvalue weighted by atomic mass is 32.1. The van der Waals surface area contributed by atoms with E-state index in [0.717, 1.165) is 49.6 Å². The minimum Gasteiger partial charge on any atom is -0.393 e. The first-order valence-corrected chi connectivity index (χ1v) is 11.2. The molecule has 1 aliphatic carbocycles. The molecule has 1 saturated heterocycles. The van der Waals surface area contributed by atoms with E-state index in [4.69, 9.17) is 17.3 Å². The highest BCUT2D eigenvalue weighted by Gasteiger charge is 2.25. The molecule has 0 atom stereocenters. The van der Waals surface area contributed by atoms with Crippen molar-refractivity contribution in [2.45, 2.75) is 70.2 Å². The number of rotatable bonds is 5. The molecule has 2 aromatic rings. The maximum Gasteiger partial charge on any atom is 0.203 e. The lowest BCUT2D eigenvalue weighted by molar-refractivity contribution is -0.929. The molecule has 2 N–H and O–H groups in total. The molecular formula is C19H29N4OS2+. The average molecular weight is 394 g/mol. The molecule has 7 heteroatoms. The number of hydrogen-bond acceptors (Lipinski definition) is 4. The van der Waals surface area contributed by atoms with Crippen LogP contribution >= 0.6 is 23.6 Å². The molecule has 0 bridgehead atoms. The Morgan fingerprint density at radius 3 is 2.65 bits per heavy atom. The number of aliphatic hydroxyl groups is 1. The van der Waals surface area contributed by atoms with Gasteiger partial charge < -0.3 is 14.6 Å². The number of likely N-dealkylation sites (tertiary alicyclic amines) is 1. The van der Waals surface area contributed by atoms with Crippen molar-refractivity contribution in [3.8, 4) is 0 Å². The summed E-state index contributed by atoms with van der Waals surface area (Å²) in [6.07, 6.45) is 8.90. The second-order valence-electron chi connectivity index (χ2n) is 7.76. The van der Waals surface area contributed by atoms with Crippen LogP contribution in [0.2, 0.25) is 0 Å². The Morgan fingerprint density at radius 1 is 1.19 bits per heavy atom. The maximum absolute atomic E-state index is 9.75. The Hall–Kier alpha value is -1.02. The quantitative estimate of drug-likeness (QED) is 0.768. The minimum atomic E-state index is -0.124. The van der Waals surface area contributed by atoms with Crippen LogP contribution in [0.4, 0.5) is 0 Å². The third-order valence-electron chi connectivity index (χ3n) is 5.83. The van der Waals surface area contributed by atoms with Crippen molar-refractivity contribution in [1.82, 2.24) is 14.3 Å². The molecule has 5 nitrogen and oxygen atoms in total. The molecule has 2 fully saturated rings. The number of hydrogen-bond donors (Lipinski definition) is 2. The van der Waals surface area contributed by atoms with Crippen LogP contribution in [0.3, 0.4) is 0 Å². The standard InChI is InChI=1S/C19H28N4OS2/c24-16-8-10-21(11-9-16)14-22-19(25)23(15-5-2-1-3-6-15)18(20-22)13-17-7-4-12-26-17/h4,7,12,15-16,24H,1-3,5-6,8-11,13-14H2/p+1. The summed E-state index contributed by atoms with van der Waals surface area (Å²) in [6.45, 7) is 2.82. The molecule has 26 heavy (non-hydrogen) atoms. The fourth-order valence-electron chi connectivity index (χ4n) is 4.34. The normalized spacial score (nSPS) is 24.8. The topological polar surface area (TPSA) is 47.4 Å². The molecule has 2 aromatic heterocycles. The summed E-state index contributed by atoms with van der Waals surface area (Å²) in [5.41, 5.74) is 0. The fourth-order valence-corrected chi connectivity index (χ4v) is 5.41. The highest BCUT2D eigenvalue weighted by molar-refractivity contribution is 7.71. The van der Waals surface area contributed by atoms with Crippen LogP contribution in [-0.2, 0) is 13.1 Å². The van der Waals surface area contributed by atoms with Crippen molar-refractivity contribution in [2.24, 2.45) is 0 Å². The van der Waals surface area contributed by atoms with E-state index in [-0.39, 0.29) is 6.10 Å². The SMILES string of the molecule is OC1CC[NH+](Cn2nc(Cc3cccs3)n(C3CCCCC3)c2=S)CC1. The predicted octanol–water partition coefficient (Wildman–Crippen LogP) is 2.57. The summed E-state index contributed by atoms with van der Waals surface area (Å²) >= 11 is 7.68. The zero-order valence-electron chi connectivity index (χ0n) is 15.3. The number of quaternary nitrogens is 1. The monoisotopic (exact) mass is 393 g/mol. The largest absolute Gasteiger partial charge is 0.393 e. The van der Waals surface area contributed by atoms with Crippen LogP contribution in [0.15, 0.2) is 17.5 Å². The molecular weight excluding hydrogens is 364 g/mol. The number of piperidine rings is 1. The maximum atomic E-state index is 9.75. The van der Waals surface area contributed by atoms with Crippen molar-refractivity contribution >= 4 is 23.6 Å². The average Bonchev–Trinajstić information content (AvgIpc) is 3.27. The van der Waals surface area contributed by atoms with Gasteiger partial charge in [0.1, 0.15) is 5.82 Å². The smallest absolute Gasteiger partial charge is 0.203 e. The van der Waals surface area contributed by atoms with Gasteiger partial charge in [-0.15, -0.1) is 11.3 Å². The Balaban J connectivity index is 1.59. The van der Waals surface area contributed by atoms with Crippen LogP contribution in [-0.4, -0.2) is 38.6 Å².